The van der Waals surface area contributed by atoms with Crippen molar-refractivity contribution in [1.82, 2.24) is 9.97 Å². The zero-order valence-electron chi connectivity index (χ0n) is 9.91. The average Bonchev–Trinajstić information content (AvgIpc) is 2.32. The summed E-state index contributed by atoms with van der Waals surface area (Å²) in [7, 11) is 0. The van der Waals surface area contributed by atoms with Gasteiger partial charge in [-0.25, -0.2) is 13.8 Å². The van der Waals surface area contributed by atoms with Crippen LogP contribution in [0, 0.1) is 18.6 Å². The van der Waals surface area contributed by atoms with E-state index in [-0.39, 0.29) is 11.3 Å². The third-order valence-corrected chi connectivity index (χ3v) is 3.24. The number of hydrogen-bond acceptors (Lipinski definition) is 4. The molecule has 0 unspecified atom stereocenters. The minimum absolute atomic E-state index is 0.223. The van der Waals surface area contributed by atoms with Crippen LogP contribution < -0.4 is 5.56 Å². The van der Waals surface area contributed by atoms with Gasteiger partial charge in [-0.05, 0) is 24.6 Å². The SMILES string of the molecule is Cc1cc(=O)[nH]c(SCc2cc(F)c(O)c(F)c2)n1. The molecule has 1 heterocycles. The van der Waals surface area contributed by atoms with Gasteiger partial charge in [0.05, 0.1) is 0 Å². The van der Waals surface area contributed by atoms with Crippen molar-refractivity contribution in [3.63, 3.8) is 0 Å². The Morgan fingerprint density at radius 3 is 2.53 bits per heavy atom. The van der Waals surface area contributed by atoms with Crippen LogP contribution in [-0.4, -0.2) is 15.1 Å². The van der Waals surface area contributed by atoms with Crippen molar-refractivity contribution in [3.8, 4) is 5.75 Å². The minimum Gasteiger partial charge on any atom is -0.503 e. The van der Waals surface area contributed by atoms with E-state index in [0.29, 0.717) is 16.4 Å². The van der Waals surface area contributed by atoms with Crippen molar-refractivity contribution in [3.05, 3.63) is 51.4 Å². The molecule has 0 spiro atoms. The Morgan fingerprint density at radius 2 is 1.95 bits per heavy atom. The lowest BCUT2D eigenvalue weighted by molar-refractivity contribution is 0.395. The van der Waals surface area contributed by atoms with E-state index in [4.69, 9.17) is 5.11 Å². The molecule has 1 aromatic carbocycles. The lowest BCUT2D eigenvalue weighted by atomic mass is 10.2. The molecule has 7 heteroatoms. The van der Waals surface area contributed by atoms with E-state index in [1.54, 1.807) is 6.92 Å². The van der Waals surface area contributed by atoms with E-state index in [0.717, 1.165) is 23.9 Å². The summed E-state index contributed by atoms with van der Waals surface area (Å²) in [5, 5.41) is 9.35. The molecule has 2 rings (SSSR count). The fourth-order valence-corrected chi connectivity index (χ4v) is 2.32. The molecule has 0 amide bonds. The van der Waals surface area contributed by atoms with Crippen LogP contribution in [0.15, 0.2) is 28.2 Å². The zero-order chi connectivity index (χ0) is 14.0. The predicted molar refractivity (Wildman–Crippen MR) is 67.2 cm³/mol. The van der Waals surface area contributed by atoms with Crippen LogP contribution in [0.5, 0.6) is 5.75 Å². The van der Waals surface area contributed by atoms with Crippen LogP contribution in [0.4, 0.5) is 8.78 Å². The van der Waals surface area contributed by atoms with Crippen molar-refractivity contribution < 1.29 is 13.9 Å². The maximum Gasteiger partial charge on any atom is 0.251 e. The first-order valence-electron chi connectivity index (χ1n) is 5.33. The fourth-order valence-electron chi connectivity index (χ4n) is 1.47. The third kappa shape index (κ3) is 3.31. The number of aromatic nitrogens is 2. The summed E-state index contributed by atoms with van der Waals surface area (Å²) in [5.41, 5.74) is 0.634. The van der Waals surface area contributed by atoms with Crippen molar-refractivity contribution in [1.29, 1.82) is 0 Å². The number of phenols is 1. The molecule has 0 saturated heterocycles. The van der Waals surface area contributed by atoms with E-state index >= 15 is 0 Å². The minimum atomic E-state index is -1.01. The Hall–Kier alpha value is -1.89. The second-order valence-electron chi connectivity index (χ2n) is 3.89. The predicted octanol–water partition coefficient (Wildman–Crippen LogP) is 2.35. The molecule has 0 radical (unpaired) electrons. The second-order valence-corrected chi connectivity index (χ2v) is 4.85. The van der Waals surface area contributed by atoms with Gasteiger partial charge in [-0.2, -0.15) is 0 Å². The molecule has 19 heavy (non-hydrogen) atoms. The Kier molecular flexibility index (Phi) is 3.84. The molecule has 2 aromatic rings. The quantitative estimate of drug-likeness (QED) is 0.670. The number of benzene rings is 1. The standard InChI is InChI=1S/C12H10F2N2O2S/c1-6-2-10(17)16-12(15-6)19-5-7-3-8(13)11(18)9(14)4-7/h2-4,18H,5H2,1H3,(H,15,16,17). The van der Waals surface area contributed by atoms with E-state index in [1.165, 1.54) is 6.07 Å². The van der Waals surface area contributed by atoms with Crippen LogP contribution in [0.3, 0.4) is 0 Å². The van der Waals surface area contributed by atoms with Gasteiger partial charge in [0.2, 0.25) is 0 Å². The number of aromatic hydroxyl groups is 1. The molecule has 0 aliphatic carbocycles. The summed E-state index contributed by atoms with van der Waals surface area (Å²) in [6, 6.07) is 3.43. The van der Waals surface area contributed by atoms with Gasteiger partial charge in [0.1, 0.15) is 0 Å². The number of H-pyrrole nitrogens is 1. The Labute approximate surface area is 111 Å². The summed E-state index contributed by atoms with van der Waals surface area (Å²) in [6.07, 6.45) is 0. The van der Waals surface area contributed by atoms with Gasteiger partial charge in [-0.15, -0.1) is 0 Å². The van der Waals surface area contributed by atoms with Gasteiger partial charge in [0, 0.05) is 17.5 Å². The third-order valence-electron chi connectivity index (χ3n) is 2.30. The van der Waals surface area contributed by atoms with Crippen molar-refractivity contribution in [2.75, 3.05) is 0 Å². The highest BCUT2D eigenvalue weighted by atomic mass is 32.2. The zero-order valence-corrected chi connectivity index (χ0v) is 10.7. The monoisotopic (exact) mass is 284 g/mol. The van der Waals surface area contributed by atoms with E-state index in [2.05, 4.69) is 9.97 Å². The molecular formula is C12H10F2N2O2S. The molecule has 0 fully saturated rings. The van der Waals surface area contributed by atoms with E-state index in [1.807, 2.05) is 0 Å². The van der Waals surface area contributed by atoms with Crippen LogP contribution in [-0.2, 0) is 5.75 Å². The lowest BCUT2D eigenvalue weighted by Gasteiger charge is -2.04. The normalized spacial score (nSPS) is 10.7. The Bertz CT molecular complexity index is 650. The molecular weight excluding hydrogens is 274 g/mol. The van der Waals surface area contributed by atoms with Gasteiger partial charge in [-0.3, -0.25) is 4.79 Å². The summed E-state index contributed by atoms with van der Waals surface area (Å²) >= 11 is 1.14. The molecule has 0 saturated carbocycles. The maximum atomic E-state index is 13.1. The molecule has 2 N–H and O–H groups in total. The topological polar surface area (TPSA) is 66.0 Å². The highest BCUT2D eigenvalue weighted by Crippen LogP contribution is 2.25. The summed E-state index contributed by atoms with van der Waals surface area (Å²) in [6.45, 7) is 1.68. The van der Waals surface area contributed by atoms with Crippen LogP contribution in [0.25, 0.3) is 0 Å². The average molecular weight is 284 g/mol. The lowest BCUT2D eigenvalue weighted by Crippen LogP contribution is -2.08. The molecule has 100 valence electrons. The molecule has 0 atom stereocenters. The smallest absolute Gasteiger partial charge is 0.251 e. The number of thioether (sulfide) groups is 1. The number of phenolic OH excluding ortho intramolecular Hbond substituents is 1. The summed E-state index contributed by atoms with van der Waals surface area (Å²) < 4.78 is 26.2. The number of aromatic amines is 1. The van der Waals surface area contributed by atoms with Crippen LogP contribution >= 0.6 is 11.8 Å². The fraction of sp³-hybridized carbons (Fsp3) is 0.167. The second kappa shape index (κ2) is 5.40. The van der Waals surface area contributed by atoms with Crippen molar-refractivity contribution in [2.45, 2.75) is 17.8 Å². The molecule has 0 aliphatic heterocycles. The van der Waals surface area contributed by atoms with E-state index in [9.17, 15) is 13.6 Å². The largest absolute Gasteiger partial charge is 0.503 e. The number of aryl methyl sites for hydroxylation is 1. The summed E-state index contributed by atoms with van der Waals surface area (Å²) in [4.78, 5) is 17.8. The highest BCUT2D eigenvalue weighted by molar-refractivity contribution is 7.98. The van der Waals surface area contributed by atoms with Crippen LogP contribution in [0.2, 0.25) is 0 Å². The molecule has 4 nitrogen and oxygen atoms in total. The van der Waals surface area contributed by atoms with Gasteiger partial charge in [-0.1, -0.05) is 11.8 Å². The maximum absolute atomic E-state index is 13.1. The summed E-state index contributed by atoms with van der Waals surface area (Å²) in [5.74, 6) is -2.79. The van der Waals surface area contributed by atoms with Crippen molar-refractivity contribution in [2.24, 2.45) is 0 Å². The molecule has 0 bridgehead atoms. The Balaban J connectivity index is 2.16. The van der Waals surface area contributed by atoms with Crippen LogP contribution in [0.1, 0.15) is 11.3 Å². The Morgan fingerprint density at radius 1 is 1.32 bits per heavy atom. The van der Waals surface area contributed by atoms with Gasteiger partial charge in [0.25, 0.3) is 5.56 Å². The highest BCUT2D eigenvalue weighted by Gasteiger charge is 2.10. The number of halogens is 2. The van der Waals surface area contributed by atoms with Gasteiger partial charge >= 0.3 is 0 Å². The van der Waals surface area contributed by atoms with Crippen molar-refractivity contribution >= 4 is 11.8 Å². The molecule has 0 aliphatic rings. The van der Waals surface area contributed by atoms with E-state index < -0.39 is 17.4 Å². The van der Waals surface area contributed by atoms with Gasteiger partial charge in [0.15, 0.2) is 22.5 Å². The number of nitrogens with zero attached hydrogens (tertiary/aromatic N) is 1. The molecule has 1 aromatic heterocycles. The first kappa shape index (κ1) is 13.5. The number of hydrogen-bond donors (Lipinski definition) is 2. The van der Waals surface area contributed by atoms with Gasteiger partial charge < -0.3 is 10.1 Å². The first-order chi connectivity index (χ1) is 8.95. The number of nitrogens with one attached hydrogen (secondary N) is 1. The first-order valence-corrected chi connectivity index (χ1v) is 6.32. The number of rotatable bonds is 3.